The molecule has 3 aromatic rings. The number of urea groups is 1. The zero-order chi connectivity index (χ0) is 24.1. The van der Waals surface area contributed by atoms with E-state index in [1.807, 2.05) is 66.7 Å². The number of hydrogen-bond donors (Lipinski definition) is 2. The molecule has 0 bridgehead atoms. The van der Waals surface area contributed by atoms with Crippen LogP contribution in [0, 0.1) is 5.82 Å². The monoisotopic (exact) mass is 473 g/mol. The van der Waals surface area contributed by atoms with E-state index in [1.165, 1.54) is 12.1 Å². The van der Waals surface area contributed by atoms with Crippen molar-refractivity contribution >= 4 is 11.7 Å². The van der Waals surface area contributed by atoms with Gasteiger partial charge in [-0.3, -0.25) is 4.90 Å². The first-order chi connectivity index (χ1) is 17.1. The second-order valence-electron chi connectivity index (χ2n) is 9.75. The number of carbonyl (C=O) groups is 1. The van der Waals surface area contributed by atoms with E-state index in [4.69, 9.17) is 4.74 Å². The molecule has 0 spiro atoms. The average molecular weight is 474 g/mol. The molecule has 2 fully saturated rings. The van der Waals surface area contributed by atoms with Crippen LogP contribution in [-0.2, 0) is 6.42 Å². The molecule has 2 aliphatic rings. The number of carbonyl (C=O) groups excluding carboxylic acids is 1. The number of halogens is 1. The zero-order valence-corrected chi connectivity index (χ0v) is 19.9. The quantitative estimate of drug-likeness (QED) is 0.400. The lowest BCUT2D eigenvalue weighted by molar-refractivity contribution is 0.109. The molecular weight excluding hydrogens is 441 g/mol. The SMILES string of the molecule is O=C(Nc1cccc(Oc2ccccc2)c1)NC1(CN2CCCC2Cc2ccc(F)cc2)CCC1. The number of amides is 2. The second-order valence-corrected chi connectivity index (χ2v) is 9.75. The Hall–Kier alpha value is -3.38. The van der Waals surface area contributed by atoms with Crippen molar-refractivity contribution in [2.24, 2.45) is 0 Å². The Morgan fingerprint density at radius 1 is 0.971 bits per heavy atom. The van der Waals surface area contributed by atoms with Crippen LogP contribution in [0.5, 0.6) is 11.5 Å². The molecule has 3 aromatic carbocycles. The highest BCUT2D eigenvalue weighted by Crippen LogP contribution is 2.35. The number of nitrogens with zero attached hydrogens (tertiary/aromatic N) is 1. The van der Waals surface area contributed by atoms with Crippen molar-refractivity contribution < 1.29 is 13.9 Å². The van der Waals surface area contributed by atoms with Crippen molar-refractivity contribution in [3.8, 4) is 11.5 Å². The van der Waals surface area contributed by atoms with Gasteiger partial charge in [0.1, 0.15) is 17.3 Å². The highest BCUT2D eigenvalue weighted by atomic mass is 19.1. The Bertz CT molecular complexity index is 1130. The topological polar surface area (TPSA) is 53.6 Å². The van der Waals surface area contributed by atoms with Gasteiger partial charge in [0.2, 0.25) is 0 Å². The van der Waals surface area contributed by atoms with Gasteiger partial charge in [-0.05, 0) is 87.0 Å². The fraction of sp³-hybridized carbons (Fsp3) is 0.345. The fourth-order valence-electron chi connectivity index (χ4n) is 5.21. The number of ether oxygens (including phenoxy) is 1. The first kappa shape index (κ1) is 23.4. The Labute approximate surface area is 206 Å². The molecule has 35 heavy (non-hydrogen) atoms. The standard InChI is InChI=1S/C29H32FN3O2/c30-23-14-12-22(13-15-23)19-25-8-5-18-33(25)21-29(16-6-17-29)32-28(34)31-24-7-4-11-27(20-24)35-26-9-2-1-3-10-26/h1-4,7,9-15,20,25H,5-6,8,16-19,21H2,(H2,31,32,34). The third-order valence-corrected chi connectivity index (χ3v) is 7.15. The van der Waals surface area contributed by atoms with Gasteiger partial charge in [0.25, 0.3) is 0 Å². The van der Waals surface area contributed by atoms with E-state index in [0.29, 0.717) is 17.5 Å². The van der Waals surface area contributed by atoms with Crippen LogP contribution in [0.4, 0.5) is 14.9 Å². The fourth-order valence-corrected chi connectivity index (χ4v) is 5.21. The summed E-state index contributed by atoms with van der Waals surface area (Å²) in [5, 5.41) is 6.27. The van der Waals surface area contributed by atoms with Gasteiger partial charge in [-0.15, -0.1) is 0 Å². The van der Waals surface area contributed by atoms with Gasteiger partial charge < -0.3 is 15.4 Å². The summed E-state index contributed by atoms with van der Waals surface area (Å²) in [7, 11) is 0. The van der Waals surface area contributed by atoms with E-state index >= 15 is 0 Å². The van der Waals surface area contributed by atoms with Crippen LogP contribution >= 0.6 is 0 Å². The number of rotatable bonds is 8. The highest BCUT2D eigenvalue weighted by molar-refractivity contribution is 5.90. The number of nitrogens with one attached hydrogen (secondary N) is 2. The van der Waals surface area contributed by atoms with Crippen LogP contribution in [0.25, 0.3) is 0 Å². The molecular formula is C29H32FN3O2. The molecule has 182 valence electrons. The van der Waals surface area contributed by atoms with E-state index in [2.05, 4.69) is 15.5 Å². The minimum Gasteiger partial charge on any atom is -0.457 e. The van der Waals surface area contributed by atoms with Crippen molar-refractivity contribution in [3.63, 3.8) is 0 Å². The molecule has 2 amide bonds. The third-order valence-electron chi connectivity index (χ3n) is 7.15. The van der Waals surface area contributed by atoms with E-state index in [9.17, 15) is 9.18 Å². The molecule has 1 atom stereocenters. The van der Waals surface area contributed by atoms with Crippen LogP contribution in [0.1, 0.15) is 37.7 Å². The van der Waals surface area contributed by atoms with Crippen molar-refractivity contribution in [3.05, 3.63) is 90.2 Å². The second kappa shape index (κ2) is 10.5. The molecule has 0 aromatic heterocycles. The summed E-state index contributed by atoms with van der Waals surface area (Å²) in [5.74, 6) is 1.23. The van der Waals surface area contributed by atoms with Gasteiger partial charge in [-0.2, -0.15) is 0 Å². The van der Waals surface area contributed by atoms with Crippen molar-refractivity contribution in [1.29, 1.82) is 0 Å². The van der Waals surface area contributed by atoms with Crippen LogP contribution in [0.15, 0.2) is 78.9 Å². The Morgan fingerprint density at radius 3 is 2.49 bits per heavy atom. The summed E-state index contributed by atoms with van der Waals surface area (Å²) in [6.07, 6.45) is 6.29. The molecule has 6 heteroatoms. The van der Waals surface area contributed by atoms with Crippen LogP contribution in [0.2, 0.25) is 0 Å². The Balaban J connectivity index is 1.18. The highest BCUT2D eigenvalue weighted by Gasteiger charge is 2.42. The molecule has 1 unspecified atom stereocenters. The molecule has 0 radical (unpaired) electrons. The maximum absolute atomic E-state index is 13.3. The van der Waals surface area contributed by atoms with Crippen LogP contribution in [-0.4, -0.2) is 35.6 Å². The predicted octanol–water partition coefficient (Wildman–Crippen LogP) is 6.37. The minimum atomic E-state index is -0.201. The number of hydrogen-bond acceptors (Lipinski definition) is 3. The Kier molecular flexibility index (Phi) is 7.00. The summed E-state index contributed by atoms with van der Waals surface area (Å²) in [5.41, 5.74) is 1.66. The zero-order valence-electron chi connectivity index (χ0n) is 19.9. The lowest BCUT2D eigenvalue weighted by atomic mass is 9.76. The molecule has 1 heterocycles. The normalized spacial score (nSPS) is 19.1. The molecule has 1 saturated carbocycles. The molecule has 1 aliphatic carbocycles. The van der Waals surface area contributed by atoms with Crippen LogP contribution < -0.4 is 15.4 Å². The first-order valence-electron chi connectivity index (χ1n) is 12.5. The van der Waals surface area contributed by atoms with E-state index in [0.717, 1.165) is 62.9 Å². The lowest BCUT2D eigenvalue weighted by Gasteiger charge is -2.46. The van der Waals surface area contributed by atoms with Crippen molar-refractivity contribution in [2.75, 3.05) is 18.4 Å². The van der Waals surface area contributed by atoms with Crippen LogP contribution in [0.3, 0.4) is 0 Å². The predicted molar refractivity (Wildman–Crippen MR) is 136 cm³/mol. The van der Waals surface area contributed by atoms with Gasteiger partial charge in [-0.25, -0.2) is 9.18 Å². The molecule has 2 N–H and O–H groups in total. The summed E-state index contributed by atoms with van der Waals surface area (Å²) in [4.78, 5) is 15.5. The molecule has 5 rings (SSSR count). The lowest BCUT2D eigenvalue weighted by Crippen LogP contribution is -2.61. The number of likely N-dealkylation sites (tertiary alicyclic amines) is 1. The smallest absolute Gasteiger partial charge is 0.319 e. The summed E-state index contributed by atoms with van der Waals surface area (Å²) < 4.78 is 19.2. The first-order valence-corrected chi connectivity index (χ1v) is 12.5. The van der Waals surface area contributed by atoms with Gasteiger partial charge >= 0.3 is 6.03 Å². The minimum absolute atomic E-state index is 0.184. The largest absolute Gasteiger partial charge is 0.457 e. The summed E-state index contributed by atoms with van der Waals surface area (Å²) in [6.45, 7) is 1.89. The molecule has 5 nitrogen and oxygen atoms in total. The van der Waals surface area contributed by atoms with E-state index in [-0.39, 0.29) is 17.4 Å². The number of para-hydroxylation sites is 1. The van der Waals surface area contributed by atoms with Gasteiger partial charge in [-0.1, -0.05) is 36.4 Å². The molecule has 1 aliphatic heterocycles. The Morgan fingerprint density at radius 2 is 1.74 bits per heavy atom. The van der Waals surface area contributed by atoms with E-state index < -0.39 is 0 Å². The average Bonchev–Trinajstić information content (AvgIpc) is 3.26. The molecule has 1 saturated heterocycles. The van der Waals surface area contributed by atoms with Gasteiger partial charge in [0, 0.05) is 24.3 Å². The maximum Gasteiger partial charge on any atom is 0.319 e. The van der Waals surface area contributed by atoms with Crippen molar-refractivity contribution in [1.82, 2.24) is 10.2 Å². The number of anilines is 1. The van der Waals surface area contributed by atoms with Gasteiger partial charge in [0.15, 0.2) is 0 Å². The third kappa shape index (κ3) is 6.01. The number of benzene rings is 3. The van der Waals surface area contributed by atoms with Crippen molar-refractivity contribution in [2.45, 2.75) is 50.1 Å². The summed E-state index contributed by atoms with van der Waals surface area (Å²) in [6, 6.07) is 24.1. The maximum atomic E-state index is 13.3. The van der Waals surface area contributed by atoms with Gasteiger partial charge in [0.05, 0.1) is 5.54 Å². The summed E-state index contributed by atoms with van der Waals surface area (Å²) >= 11 is 0. The van der Waals surface area contributed by atoms with E-state index in [1.54, 1.807) is 0 Å².